The van der Waals surface area contributed by atoms with Crippen LogP contribution in [0.15, 0.2) is 0 Å². The molecule has 0 amide bonds. The lowest BCUT2D eigenvalue weighted by Crippen LogP contribution is -2.34. The first-order valence-electron chi connectivity index (χ1n) is 4.31. The van der Waals surface area contributed by atoms with Gasteiger partial charge in [0.1, 0.15) is 6.11 Å². The smallest absolute Gasteiger partial charge is 0.123 e. The Morgan fingerprint density at radius 2 is 2.46 bits per heavy atom. The largest absolute Gasteiger partial charge is 0.392 e. The van der Waals surface area contributed by atoms with Crippen molar-refractivity contribution in [3.8, 4) is 12.5 Å². The van der Waals surface area contributed by atoms with Gasteiger partial charge in [0, 0.05) is 12.6 Å². The lowest BCUT2D eigenvalue weighted by atomic mass is 10.1. The molecule has 0 aromatic carbocycles. The van der Waals surface area contributed by atoms with E-state index in [1.807, 2.05) is 14.0 Å². The molecule has 1 rings (SSSR count). The molecule has 3 unspecified atom stereocenters. The van der Waals surface area contributed by atoms with Crippen molar-refractivity contribution in [1.82, 2.24) is 4.90 Å². The number of aliphatic hydroxyl groups is 1. The molecule has 3 nitrogen and oxygen atoms in total. The van der Waals surface area contributed by atoms with E-state index in [2.05, 4.69) is 11.0 Å². The fraction of sp³-hybridized carbons (Fsp3) is 0.778. The Kier molecular flexibility index (Phi) is 3.91. The van der Waals surface area contributed by atoms with Gasteiger partial charge in [-0.1, -0.05) is 6.42 Å². The van der Waals surface area contributed by atoms with Gasteiger partial charge in [-0.2, -0.15) is 0 Å². The molecular formula is C9H15NO2S. The number of hydrogen-bond acceptors (Lipinski definition) is 4. The predicted octanol–water partition coefficient (Wildman–Crippen LogP) is 0.695. The van der Waals surface area contributed by atoms with Crippen LogP contribution in [0.5, 0.6) is 0 Å². The number of rotatable bonds is 3. The Hall–Kier alpha value is -0.370. The minimum absolute atomic E-state index is 0.235. The molecule has 0 saturated carbocycles. The van der Waals surface area contributed by atoms with Gasteiger partial charge in [0.2, 0.25) is 0 Å². The highest BCUT2D eigenvalue weighted by atomic mass is 32.2. The highest BCUT2D eigenvalue weighted by Gasteiger charge is 2.33. The Labute approximate surface area is 83.7 Å². The van der Waals surface area contributed by atoms with Gasteiger partial charge in [0.05, 0.1) is 23.4 Å². The zero-order valence-electron chi connectivity index (χ0n) is 7.93. The molecule has 0 aliphatic carbocycles. The molecule has 3 atom stereocenters. The molecule has 1 heterocycles. The van der Waals surface area contributed by atoms with E-state index in [-0.39, 0.29) is 12.1 Å². The molecule has 1 aliphatic heterocycles. The van der Waals surface area contributed by atoms with Crippen molar-refractivity contribution in [2.24, 2.45) is 0 Å². The van der Waals surface area contributed by atoms with Crippen molar-refractivity contribution >= 4 is 12.0 Å². The molecule has 0 spiro atoms. The summed E-state index contributed by atoms with van der Waals surface area (Å²) in [5, 5.41) is 9.81. The summed E-state index contributed by atoms with van der Waals surface area (Å²) in [6.45, 7) is 2.73. The van der Waals surface area contributed by atoms with Crippen LogP contribution in [-0.4, -0.2) is 41.0 Å². The topological polar surface area (TPSA) is 32.7 Å². The van der Waals surface area contributed by atoms with Crippen molar-refractivity contribution in [3.63, 3.8) is 0 Å². The van der Waals surface area contributed by atoms with E-state index in [9.17, 15) is 5.11 Å². The summed E-state index contributed by atoms with van der Waals surface area (Å²) in [5.74, 6) is 0. The molecule has 1 saturated heterocycles. The van der Waals surface area contributed by atoms with Crippen molar-refractivity contribution < 1.29 is 9.29 Å². The van der Waals surface area contributed by atoms with Gasteiger partial charge in [-0.15, -0.1) is 0 Å². The van der Waals surface area contributed by atoms with Crippen LogP contribution in [-0.2, 0) is 4.18 Å². The molecule has 74 valence electrons. The highest BCUT2D eigenvalue weighted by Crippen LogP contribution is 2.28. The van der Waals surface area contributed by atoms with E-state index >= 15 is 0 Å². The van der Waals surface area contributed by atoms with E-state index in [1.54, 1.807) is 0 Å². The first-order valence-corrected chi connectivity index (χ1v) is 5.12. The summed E-state index contributed by atoms with van der Waals surface area (Å²) >= 11 is 1.32. The predicted molar refractivity (Wildman–Crippen MR) is 54.0 cm³/mol. The Bertz CT molecular complexity index is 202. The van der Waals surface area contributed by atoms with Gasteiger partial charge >= 0.3 is 0 Å². The standard InChI is InChI=1S/C9H15NO2S/c1-4-12-13-8-5-9(7(2)11)10(3)6-8/h1,7-9,11H,5-6H2,2-3H3. The fourth-order valence-corrected chi connectivity index (χ4v) is 2.47. The summed E-state index contributed by atoms with van der Waals surface area (Å²) in [4.78, 5) is 2.14. The maximum Gasteiger partial charge on any atom is 0.123 e. The Morgan fingerprint density at radius 3 is 2.92 bits per heavy atom. The van der Waals surface area contributed by atoms with Crippen LogP contribution >= 0.6 is 12.0 Å². The van der Waals surface area contributed by atoms with Crippen LogP contribution < -0.4 is 0 Å². The van der Waals surface area contributed by atoms with Gasteiger partial charge < -0.3 is 9.29 Å². The lowest BCUT2D eigenvalue weighted by Gasteiger charge is -2.21. The van der Waals surface area contributed by atoms with Gasteiger partial charge in [0.15, 0.2) is 0 Å². The monoisotopic (exact) mass is 201 g/mol. The second kappa shape index (κ2) is 4.75. The average molecular weight is 201 g/mol. The molecule has 1 fully saturated rings. The van der Waals surface area contributed by atoms with Crippen LogP contribution in [0.25, 0.3) is 0 Å². The molecule has 4 heteroatoms. The molecule has 13 heavy (non-hydrogen) atoms. The fourth-order valence-electron chi connectivity index (χ4n) is 1.71. The van der Waals surface area contributed by atoms with Gasteiger partial charge in [-0.25, -0.2) is 0 Å². The molecule has 0 bridgehead atoms. The molecule has 1 aliphatic rings. The Balaban J connectivity index is 2.37. The second-order valence-corrected chi connectivity index (χ2v) is 4.43. The second-order valence-electron chi connectivity index (χ2n) is 3.40. The van der Waals surface area contributed by atoms with Gasteiger partial charge in [-0.05, 0) is 20.4 Å². The van der Waals surface area contributed by atoms with Gasteiger partial charge in [-0.3, -0.25) is 4.90 Å². The van der Waals surface area contributed by atoms with Crippen LogP contribution in [0.4, 0.5) is 0 Å². The van der Waals surface area contributed by atoms with E-state index in [0.717, 1.165) is 13.0 Å². The minimum atomic E-state index is -0.290. The molecule has 0 radical (unpaired) electrons. The van der Waals surface area contributed by atoms with E-state index < -0.39 is 0 Å². The quantitative estimate of drug-likeness (QED) is 0.538. The maximum atomic E-state index is 9.43. The zero-order valence-corrected chi connectivity index (χ0v) is 8.75. The number of terminal acetylenes is 1. The van der Waals surface area contributed by atoms with Crippen LogP contribution in [0.2, 0.25) is 0 Å². The van der Waals surface area contributed by atoms with Crippen LogP contribution in [0, 0.1) is 12.5 Å². The highest BCUT2D eigenvalue weighted by molar-refractivity contribution is 7.95. The summed E-state index contributed by atoms with van der Waals surface area (Å²) in [6, 6.07) is 0.235. The third-order valence-electron chi connectivity index (χ3n) is 2.35. The van der Waals surface area contributed by atoms with Crippen LogP contribution in [0.1, 0.15) is 13.3 Å². The SMILES string of the molecule is C#COSC1CC(C(C)O)N(C)C1. The van der Waals surface area contributed by atoms with Crippen molar-refractivity contribution in [2.45, 2.75) is 30.7 Å². The van der Waals surface area contributed by atoms with Crippen molar-refractivity contribution in [1.29, 1.82) is 0 Å². The third kappa shape index (κ3) is 2.80. The summed E-state index contributed by atoms with van der Waals surface area (Å²) < 4.78 is 4.83. The van der Waals surface area contributed by atoms with E-state index in [0.29, 0.717) is 5.25 Å². The van der Waals surface area contributed by atoms with E-state index in [1.165, 1.54) is 12.0 Å². The molecule has 1 N–H and O–H groups in total. The van der Waals surface area contributed by atoms with E-state index in [4.69, 9.17) is 10.6 Å². The van der Waals surface area contributed by atoms with Crippen molar-refractivity contribution in [3.05, 3.63) is 0 Å². The lowest BCUT2D eigenvalue weighted by molar-refractivity contribution is 0.101. The minimum Gasteiger partial charge on any atom is -0.392 e. The Morgan fingerprint density at radius 1 is 1.77 bits per heavy atom. The normalized spacial score (nSPS) is 31.2. The molecule has 0 aromatic rings. The van der Waals surface area contributed by atoms with Gasteiger partial charge in [0.25, 0.3) is 0 Å². The number of nitrogens with zero attached hydrogens (tertiary/aromatic N) is 1. The number of likely N-dealkylation sites (N-methyl/N-ethyl adjacent to an activating group) is 1. The zero-order chi connectivity index (χ0) is 9.84. The molecule has 0 aromatic heterocycles. The summed E-state index contributed by atoms with van der Waals surface area (Å²) in [5.41, 5.74) is 0. The van der Waals surface area contributed by atoms with Crippen molar-refractivity contribution in [2.75, 3.05) is 13.6 Å². The first-order chi connectivity index (χ1) is 6.15. The van der Waals surface area contributed by atoms with Crippen LogP contribution in [0.3, 0.4) is 0 Å². The third-order valence-corrected chi connectivity index (χ3v) is 3.16. The number of likely N-dealkylation sites (tertiary alicyclic amines) is 1. The average Bonchev–Trinajstić information content (AvgIpc) is 2.43. The maximum absolute atomic E-state index is 9.43. The first kappa shape index (κ1) is 10.7. The number of aliphatic hydroxyl groups excluding tert-OH is 1. The summed E-state index contributed by atoms with van der Waals surface area (Å²) in [6.07, 6.45) is 7.76. The number of hydrogen-bond donors (Lipinski definition) is 1. The molecular weight excluding hydrogens is 186 g/mol. The summed E-state index contributed by atoms with van der Waals surface area (Å²) in [7, 11) is 2.01.